The number of phosphoric ester groups is 2. The van der Waals surface area contributed by atoms with Crippen LogP contribution in [0.25, 0.3) is 0 Å². The van der Waals surface area contributed by atoms with Crippen LogP contribution in [0.2, 0.25) is 0 Å². The summed E-state index contributed by atoms with van der Waals surface area (Å²) in [4.78, 5) is 71.1. The molecule has 420 valence electrons. The topological polar surface area (TPSA) is 237 Å². The van der Waals surface area contributed by atoms with E-state index in [9.17, 15) is 43.2 Å². The van der Waals surface area contributed by atoms with Crippen LogP contribution in [0.1, 0.15) is 241 Å². The van der Waals surface area contributed by atoms with Crippen molar-refractivity contribution >= 4 is 39.5 Å². The molecule has 0 amide bonds. The summed E-state index contributed by atoms with van der Waals surface area (Å²) < 4.78 is 67.0. The summed E-state index contributed by atoms with van der Waals surface area (Å²) in [6.45, 7) is 9.12. The monoisotopic (exact) mass is 1060 g/mol. The first-order valence-electron chi connectivity index (χ1n) is 27.5. The highest BCUT2D eigenvalue weighted by Gasteiger charge is 2.30. The van der Waals surface area contributed by atoms with Crippen molar-refractivity contribution in [2.75, 3.05) is 39.6 Å². The molecule has 0 aliphatic heterocycles. The number of ether oxygens (including phenoxy) is 4. The maximum absolute atomic E-state index is 12.8. The lowest BCUT2D eigenvalue weighted by atomic mass is 10.00. The molecule has 0 radical (unpaired) electrons. The Balaban J connectivity index is 5.17. The summed E-state index contributed by atoms with van der Waals surface area (Å²) in [7, 11) is -9.84. The molecule has 3 N–H and O–H groups in total. The highest BCUT2D eigenvalue weighted by atomic mass is 31.2. The van der Waals surface area contributed by atoms with Gasteiger partial charge in [-0.3, -0.25) is 37.3 Å². The second kappa shape index (κ2) is 45.5. The zero-order valence-corrected chi connectivity index (χ0v) is 46.8. The van der Waals surface area contributed by atoms with Gasteiger partial charge in [0.15, 0.2) is 12.2 Å². The van der Waals surface area contributed by atoms with E-state index in [0.29, 0.717) is 25.7 Å². The first kappa shape index (κ1) is 69.1. The number of unbranched alkanes of at least 4 members (excludes halogenated alkanes) is 20. The Kier molecular flexibility index (Phi) is 44.2. The minimum absolute atomic E-state index is 0.0981. The van der Waals surface area contributed by atoms with Gasteiger partial charge in [0, 0.05) is 25.7 Å². The summed E-state index contributed by atoms with van der Waals surface area (Å²) in [5.74, 6) is -0.727. The van der Waals surface area contributed by atoms with E-state index < -0.39 is 97.5 Å². The number of carbonyl (C=O) groups excluding carboxylic acids is 4. The van der Waals surface area contributed by atoms with Crippen molar-refractivity contribution in [3.63, 3.8) is 0 Å². The maximum atomic E-state index is 12.8. The number of carbonyl (C=O) groups is 4. The van der Waals surface area contributed by atoms with Gasteiger partial charge in [-0.05, 0) is 37.5 Å². The van der Waals surface area contributed by atoms with Crippen LogP contribution in [0, 0.1) is 11.8 Å². The van der Waals surface area contributed by atoms with Gasteiger partial charge in [0.2, 0.25) is 0 Å². The number of phosphoric acid groups is 2. The molecule has 0 rings (SSSR count). The predicted octanol–water partition coefficient (Wildman–Crippen LogP) is 13.0. The largest absolute Gasteiger partial charge is 0.472 e. The number of aliphatic hydroxyl groups excluding tert-OH is 1. The molecule has 0 aromatic carbocycles. The van der Waals surface area contributed by atoms with Gasteiger partial charge in [0.25, 0.3) is 0 Å². The first-order chi connectivity index (χ1) is 33.9. The minimum Gasteiger partial charge on any atom is -0.462 e. The van der Waals surface area contributed by atoms with Crippen LogP contribution in [0.3, 0.4) is 0 Å². The summed E-state index contributed by atoms with van der Waals surface area (Å²) in [6, 6.07) is 0. The number of aliphatic hydroxyl groups is 1. The van der Waals surface area contributed by atoms with E-state index in [-0.39, 0.29) is 25.7 Å². The minimum atomic E-state index is -4.93. The van der Waals surface area contributed by atoms with Crippen LogP contribution >= 0.6 is 15.6 Å². The smallest absolute Gasteiger partial charge is 0.462 e. The Hall–Kier alpha value is -1.94. The van der Waals surface area contributed by atoms with E-state index >= 15 is 0 Å². The second-order valence-electron chi connectivity index (χ2n) is 19.6. The average Bonchev–Trinajstić information content (AvgIpc) is 3.33. The highest BCUT2D eigenvalue weighted by Crippen LogP contribution is 2.45. The fourth-order valence-electron chi connectivity index (χ4n) is 7.38. The van der Waals surface area contributed by atoms with Crippen LogP contribution in [-0.4, -0.2) is 96.7 Å². The number of rotatable bonds is 51. The van der Waals surface area contributed by atoms with Crippen LogP contribution in [-0.2, 0) is 65.4 Å². The lowest BCUT2D eigenvalue weighted by Crippen LogP contribution is -2.30. The fourth-order valence-corrected chi connectivity index (χ4v) is 8.96. The van der Waals surface area contributed by atoms with E-state index in [4.69, 9.17) is 37.0 Å². The van der Waals surface area contributed by atoms with Gasteiger partial charge in [0.1, 0.15) is 19.3 Å². The summed E-state index contributed by atoms with van der Waals surface area (Å²) in [5.41, 5.74) is 0. The number of esters is 4. The maximum Gasteiger partial charge on any atom is 0.472 e. The molecule has 0 spiro atoms. The van der Waals surface area contributed by atoms with Crippen molar-refractivity contribution in [1.82, 2.24) is 0 Å². The van der Waals surface area contributed by atoms with Crippen LogP contribution in [0.4, 0.5) is 0 Å². The zero-order chi connectivity index (χ0) is 53.0. The Labute approximate surface area is 428 Å². The lowest BCUT2D eigenvalue weighted by molar-refractivity contribution is -0.161. The molecule has 19 heteroatoms. The quantitative estimate of drug-likeness (QED) is 0.0222. The Morgan fingerprint density at radius 1 is 0.408 bits per heavy atom. The third kappa shape index (κ3) is 46.3. The van der Waals surface area contributed by atoms with Crippen molar-refractivity contribution < 1.29 is 80.2 Å². The molecule has 6 atom stereocenters. The van der Waals surface area contributed by atoms with Crippen LogP contribution in [0.15, 0.2) is 0 Å². The van der Waals surface area contributed by atoms with E-state index in [1.807, 2.05) is 0 Å². The molecule has 0 saturated heterocycles. The third-order valence-corrected chi connectivity index (χ3v) is 14.0. The molecule has 3 unspecified atom stereocenters. The molecule has 0 aliphatic carbocycles. The summed E-state index contributed by atoms with van der Waals surface area (Å²) in [5, 5.41) is 10.4. The van der Waals surface area contributed by atoms with Crippen molar-refractivity contribution in [3.8, 4) is 0 Å². The van der Waals surface area contributed by atoms with Crippen LogP contribution < -0.4 is 0 Å². The molecular formula is C52H100O17P2. The fraction of sp³-hybridized carbons (Fsp3) is 0.923. The molecule has 0 bridgehead atoms. The van der Waals surface area contributed by atoms with Gasteiger partial charge in [-0.25, -0.2) is 9.13 Å². The van der Waals surface area contributed by atoms with E-state index in [1.54, 1.807) is 0 Å². The molecule has 0 heterocycles. The van der Waals surface area contributed by atoms with E-state index in [2.05, 4.69) is 41.5 Å². The highest BCUT2D eigenvalue weighted by molar-refractivity contribution is 7.47. The Morgan fingerprint density at radius 3 is 1.07 bits per heavy atom. The van der Waals surface area contributed by atoms with Gasteiger partial charge < -0.3 is 33.8 Å². The predicted molar refractivity (Wildman–Crippen MR) is 275 cm³/mol. The van der Waals surface area contributed by atoms with Gasteiger partial charge in [0.05, 0.1) is 26.4 Å². The van der Waals surface area contributed by atoms with Crippen LogP contribution in [0.5, 0.6) is 0 Å². The van der Waals surface area contributed by atoms with E-state index in [1.165, 1.54) is 44.9 Å². The van der Waals surface area contributed by atoms with Gasteiger partial charge in [-0.1, -0.05) is 189 Å². The zero-order valence-electron chi connectivity index (χ0n) is 45.0. The van der Waals surface area contributed by atoms with Crippen molar-refractivity contribution in [1.29, 1.82) is 0 Å². The lowest BCUT2D eigenvalue weighted by Gasteiger charge is -2.21. The standard InChI is InChI=1S/C52H100O17P2/c1-7-10-12-20-28-34-49(54)62-40-47(68-51(56)36-30-21-13-11-8-2)42-66-70(58,59)64-38-46(53)39-65-71(60,61)67-43-48(41-63-50(55)35-29-24-19-18-23-27-33-45(6)9-3)69-52(57)37-31-25-17-15-14-16-22-26-32-44(4)5/h44-48,53H,7-43H2,1-6H3,(H,58,59)(H,60,61)/t45?,46-,47+,48+/m0/s1. The second-order valence-corrected chi connectivity index (χ2v) is 22.5. The summed E-state index contributed by atoms with van der Waals surface area (Å²) >= 11 is 0. The first-order valence-corrected chi connectivity index (χ1v) is 30.5. The van der Waals surface area contributed by atoms with Crippen molar-refractivity contribution in [2.45, 2.75) is 259 Å². The van der Waals surface area contributed by atoms with Gasteiger partial charge >= 0.3 is 39.5 Å². The van der Waals surface area contributed by atoms with Gasteiger partial charge in [-0.15, -0.1) is 0 Å². The molecule has 71 heavy (non-hydrogen) atoms. The molecule has 17 nitrogen and oxygen atoms in total. The van der Waals surface area contributed by atoms with Crippen molar-refractivity contribution in [3.05, 3.63) is 0 Å². The Bertz CT molecular complexity index is 1430. The third-order valence-electron chi connectivity index (χ3n) is 12.1. The van der Waals surface area contributed by atoms with Crippen molar-refractivity contribution in [2.24, 2.45) is 11.8 Å². The number of hydrogen-bond donors (Lipinski definition) is 3. The molecule has 0 fully saturated rings. The molecular weight excluding hydrogens is 959 g/mol. The normalized spacial score (nSPS) is 15.1. The SMILES string of the molecule is CCCCCCCC(=O)OC[C@H](COP(=O)(O)OC[C@H](O)COP(=O)(O)OC[C@@H](COC(=O)CCCCCCCCC(C)CC)OC(=O)CCCCCCCCCCC(C)C)OC(=O)CCCCCCC. The summed E-state index contributed by atoms with van der Waals surface area (Å²) in [6.07, 6.45) is 23.4. The Morgan fingerprint density at radius 2 is 0.718 bits per heavy atom. The number of hydrogen-bond acceptors (Lipinski definition) is 15. The molecule has 0 aromatic rings. The molecule has 0 saturated carbocycles. The molecule has 0 aromatic heterocycles. The average molecular weight is 1060 g/mol. The van der Waals surface area contributed by atoms with Gasteiger partial charge in [-0.2, -0.15) is 0 Å². The van der Waals surface area contributed by atoms with E-state index in [0.717, 1.165) is 115 Å². The molecule has 0 aliphatic rings.